The smallest absolute Gasteiger partial charge is 0.252 e. The lowest BCUT2D eigenvalue weighted by Gasteiger charge is -2.39. The fourth-order valence-corrected chi connectivity index (χ4v) is 3.48. The number of rotatable bonds is 3. The molecule has 0 spiro atoms. The molecule has 0 aliphatic heterocycles. The van der Waals surface area contributed by atoms with Crippen LogP contribution in [0.5, 0.6) is 0 Å². The molecule has 1 saturated carbocycles. The van der Waals surface area contributed by atoms with E-state index in [2.05, 4.69) is 12.2 Å². The molecule has 3 nitrogen and oxygen atoms in total. The van der Waals surface area contributed by atoms with Crippen LogP contribution in [0.3, 0.4) is 0 Å². The molecule has 0 aromatic heterocycles. The number of aryl methyl sites for hydroxylation is 3. The summed E-state index contributed by atoms with van der Waals surface area (Å²) in [6.45, 7) is 8.25. The van der Waals surface area contributed by atoms with Gasteiger partial charge in [-0.15, -0.1) is 0 Å². The molecule has 2 N–H and O–H groups in total. The van der Waals surface area contributed by atoms with Crippen molar-refractivity contribution in [1.82, 2.24) is 5.32 Å². The number of carbonyl (C=O) groups excluding carboxylic acids is 1. The summed E-state index contributed by atoms with van der Waals surface area (Å²) >= 11 is 0. The quantitative estimate of drug-likeness (QED) is 0.897. The minimum absolute atomic E-state index is 0.0232. The van der Waals surface area contributed by atoms with Crippen molar-refractivity contribution in [3.05, 3.63) is 34.4 Å². The van der Waals surface area contributed by atoms with Crippen molar-refractivity contribution in [2.24, 2.45) is 5.92 Å². The van der Waals surface area contributed by atoms with E-state index in [1.807, 2.05) is 32.9 Å². The average Bonchev–Trinajstić information content (AvgIpc) is 2.40. The standard InChI is InChI=1S/C18H27NO2/c1-12-5-7-18(11-20,8-6-12)19-17(21)16-14(3)9-13(2)10-15(16)4/h9-10,12,20H,5-8,11H2,1-4H3,(H,19,21). The number of aliphatic hydroxyl groups excluding tert-OH is 1. The lowest BCUT2D eigenvalue weighted by molar-refractivity contribution is 0.0716. The predicted molar refractivity (Wildman–Crippen MR) is 85.6 cm³/mol. The molecule has 2 rings (SSSR count). The molecule has 21 heavy (non-hydrogen) atoms. The van der Waals surface area contributed by atoms with Gasteiger partial charge in [0.2, 0.25) is 0 Å². The molecule has 1 aromatic rings. The highest BCUT2D eigenvalue weighted by Gasteiger charge is 2.35. The molecular weight excluding hydrogens is 262 g/mol. The number of hydrogen-bond acceptors (Lipinski definition) is 2. The second kappa shape index (κ2) is 6.18. The summed E-state index contributed by atoms with van der Waals surface area (Å²) in [7, 11) is 0. The molecule has 116 valence electrons. The van der Waals surface area contributed by atoms with Crippen LogP contribution < -0.4 is 5.32 Å². The Kier molecular flexibility index (Phi) is 4.72. The maximum absolute atomic E-state index is 12.7. The molecule has 1 aliphatic carbocycles. The molecule has 0 heterocycles. The van der Waals surface area contributed by atoms with Gasteiger partial charge in [0.15, 0.2) is 0 Å². The van der Waals surface area contributed by atoms with E-state index in [1.165, 1.54) is 5.56 Å². The zero-order chi connectivity index (χ0) is 15.6. The normalized spacial score (nSPS) is 25.7. The molecule has 0 radical (unpaired) electrons. The van der Waals surface area contributed by atoms with Crippen LogP contribution in [0.4, 0.5) is 0 Å². The minimum Gasteiger partial charge on any atom is -0.394 e. The van der Waals surface area contributed by atoms with Crippen molar-refractivity contribution in [2.75, 3.05) is 6.61 Å². The molecule has 0 bridgehead atoms. The van der Waals surface area contributed by atoms with Crippen molar-refractivity contribution >= 4 is 5.91 Å². The second-order valence-electron chi connectivity index (χ2n) is 6.85. The first-order chi connectivity index (χ1) is 9.87. The van der Waals surface area contributed by atoms with Gasteiger partial charge in [0.25, 0.3) is 5.91 Å². The number of benzene rings is 1. The Labute approximate surface area is 127 Å². The maximum atomic E-state index is 12.7. The summed E-state index contributed by atoms with van der Waals surface area (Å²) in [6.07, 6.45) is 3.85. The van der Waals surface area contributed by atoms with E-state index in [1.54, 1.807) is 0 Å². The van der Waals surface area contributed by atoms with E-state index in [0.717, 1.165) is 42.4 Å². The number of hydrogen-bond donors (Lipinski definition) is 2. The first-order valence-corrected chi connectivity index (χ1v) is 7.88. The fourth-order valence-electron chi connectivity index (χ4n) is 3.48. The zero-order valence-corrected chi connectivity index (χ0v) is 13.6. The van der Waals surface area contributed by atoms with Gasteiger partial charge < -0.3 is 10.4 Å². The van der Waals surface area contributed by atoms with Gasteiger partial charge in [-0.1, -0.05) is 24.6 Å². The first kappa shape index (κ1) is 16.0. The van der Waals surface area contributed by atoms with Gasteiger partial charge in [0, 0.05) is 5.56 Å². The number of amides is 1. The fraction of sp³-hybridized carbons (Fsp3) is 0.611. The molecule has 0 unspecified atom stereocenters. The SMILES string of the molecule is Cc1cc(C)c(C(=O)NC2(CO)CCC(C)CC2)c(C)c1. The second-order valence-corrected chi connectivity index (χ2v) is 6.85. The maximum Gasteiger partial charge on any atom is 0.252 e. The van der Waals surface area contributed by atoms with Crippen LogP contribution in [0, 0.1) is 26.7 Å². The van der Waals surface area contributed by atoms with Gasteiger partial charge in [-0.2, -0.15) is 0 Å². The van der Waals surface area contributed by atoms with Crippen LogP contribution in [-0.2, 0) is 0 Å². The van der Waals surface area contributed by atoms with Gasteiger partial charge in [0.1, 0.15) is 0 Å². The van der Waals surface area contributed by atoms with Gasteiger partial charge in [-0.05, 0) is 63.5 Å². The molecule has 1 aliphatic rings. The van der Waals surface area contributed by atoms with Crippen LogP contribution in [0.25, 0.3) is 0 Å². The summed E-state index contributed by atoms with van der Waals surface area (Å²) in [5.41, 5.74) is 3.49. The van der Waals surface area contributed by atoms with E-state index in [4.69, 9.17) is 0 Å². The van der Waals surface area contributed by atoms with Crippen molar-refractivity contribution in [1.29, 1.82) is 0 Å². The Hall–Kier alpha value is -1.35. The van der Waals surface area contributed by atoms with Gasteiger partial charge in [-0.3, -0.25) is 4.79 Å². The zero-order valence-electron chi connectivity index (χ0n) is 13.6. The van der Waals surface area contributed by atoms with E-state index in [0.29, 0.717) is 5.92 Å². The molecular formula is C18H27NO2. The summed E-state index contributed by atoms with van der Waals surface area (Å²) < 4.78 is 0. The first-order valence-electron chi connectivity index (χ1n) is 7.88. The van der Waals surface area contributed by atoms with Crippen LogP contribution in [0.2, 0.25) is 0 Å². The van der Waals surface area contributed by atoms with Crippen LogP contribution >= 0.6 is 0 Å². The minimum atomic E-state index is -0.437. The highest BCUT2D eigenvalue weighted by atomic mass is 16.3. The highest BCUT2D eigenvalue weighted by molar-refractivity contribution is 5.97. The molecule has 1 amide bonds. The monoisotopic (exact) mass is 289 g/mol. The van der Waals surface area contributed by atoms with Crippen LogP contribution in [-0.4, -0.2) is 23.2 Å². The number of carbonyl (C=O) groups is 1. The Balaban J connectivity index is 2.21. The third-order valence-corrected chi connectivity index (χ3v) is 4.82. The molecule has 1 fully saturated rings. The van der Waals surface area contributed by atoms with Crippen molar-refractivity contribution < 1.29 is 9.90 Å². The van der Waals surface area contributed by atoms with E-state index in [-0.39, 0.29) is 12.5 Å². The van der Waals surface area contributed by atoms with Crippen molar-refractivity contribution in [3.63, 3.8) is 0 Å². The number of aliphatic hydroxyl groups is 1. The van der Waals surface area contributed by atoms with Gasteiger partial charge in [-0.25, -0.2) is 0 Å². The highest BCUT2D eigenvalue weighted by Crippen LogP contribution is 2.32. The van der Waals surface area contributed by atoms with Crippen molar-refractivity contribution in [2.45, 2.75) is 58.9 Å². The van der Waals surface area contributed by atoms with E-state index < -0.39 is 5.54 Å². The summed E-state index contributed by atoms with van der Waals surface area (Å²) in [5.74, 6) is 0.637. The largest absolute Gasteiger partial charge is 0.394 e. The summed E-state index contributed by atoms with van der Waals surface area (Å²) in [4.78, 5) is 12.7. The van der Waals surface area contributed by atoms with Gasteiger partial charge >= 0.3 is 0 Å². The third kappa shape index (κ3) is 3.46. The van der Waals surface area contributed by atoms with Crippen LogP contribution in [0.15, 0.2) is 12.1 Å². The molecule has 1 aromatic carbocycles. The lowest BCUT2D eigenvalue weighted by atomic mass is 9.77. The molecule has 0 saturated heterocycles. The summed E-state index contributed by atoms with van der Waals surface area (Å²) in [6, 6.07) is 4.08. The van der Waals surface area contributed by atoms with E-state index >= 15 is 0 Å². The average molecular weight is 289 g/mol. The third-order valence-electron chi connectivity index (χ3n) is 4.82. The van der Waals surface area contributed by atoms with Crippen LogP contribution in [0.1, 0.15) is 59.7 Å². The summed E-state index contributed by atoms with van der Waals surface area (Å²) in [5, 5.41) is 12.9. The predicted octanol–water partition coefficient (Wildman–Crippen LogP) is 3.28. The topological polar surface area (TPSA) is 49.3 Å². The Morgan fingerprint density at radius 1 is 1.24 bits per heavy atom. The Morgan fingerprint density at radius 2 is 1.76 bits per heavy atom. The molecule has 3 heteroatoms. The van der Waals surface area contributed by atoms with Crippen molar-refractivity contribution in [3.8, 4) is 0 Å². The van der Waals surface area contributed by atoms with Gasteiger partial charge in [0.05, 0.1) is 12.1 Å². The lowest BCUT2D eigenvalue weighted by Crippen LogP contribution is -2.53. The van der Waals surface area contributed by atoms with E-state index in [9.17, 15) is 9.90 Å². The molecule has 0 atom stereocenters. The Morgan fingerprint density at radius 3 is 2.24 bits per heavy atom. The number of nitrogens with one attached hydrogen (secondary N) is 1. The Bertz CT molecular complexity index is 505.